The Bertz CT molecular complexity index is 893. The van der Waals surface area contributed by atoms with Gasteiger partial charge in [0.2, 0.25) is 0 Å². The van der Waals surface area contributed by atoms with Crippen molar-refractivity contribution >= 4 is 38.9 Å². The van der Waals surface area contributed by atoms with E-state index in [0.29, 0.717) is 11.4 Å². The largest absolute Gasteiger partial charge is 0.484 e. The number of carbonyl (C=O) groups is 2. The zero-order valence-corrected chi connectivity index (χ0v) is 17.4. The minimum absolute atomic E-state index is 0.231. The van der Waals surface area contributed by atoms with E-state index in [1.807, 2.05) is 0 Å². The lowest BCUT2D eigenvalue weighted by Crippen LogP contribution is -2.34. The number of sulfonamides is 1. The van der Waals surface area contributed by atoms with Crippen LogP contribution in [0.1, 0.15) is 13.8 Å². The Morgan fingerprint density at radius 1 is 1.18 bits per heavy atom. The number of nitrogens with one attached hydrogen (secondary N) is 1. The van der Waals surface area contributed by atoms with Gasteiger partial charge in [-0.15, -0.1) is 11.3 Å². The highest BCUT2D eigenvalue weighted by atomic mass is 32.2. The molecule has 8 nitrogen and oxygen atoms in total. The summed E-state index contributed by atoms with van der Waals surface area (Å²) < 4.78 is 36.7. The standard InChI is InChI=1S/C18H22N2O6S2/c1-13(2)26-17(22)11-19-16(21)12-25-15-8-6-14(7-9-15)20(3)28(23,24)18-5-4-10-27-18/h4-10,13H,11-12H2,1-3H3,(H,19,21). The Balaban J connectivity index is 1.87. The number of carbonyl (C=O) groups excluding carboxylic acids is 2. The maximum Gasteiger partial charge on any atom is 0.325 e. The van der Waals surface area contributed by atoms with Gasteiger partial charge in [0.05, 0.1) is 11.8 Å². The van der Waals surface area contributed by atoms with E-state index < -0.39 is 21.9 Å². The van der Waals surface area contributed by atoms with Gasteiger partial charge in [0, 0.05) is 7.05 Å². The number of nitrogens with zero attached hydrogens (tertiary/aromatic N) is 1. The van der Waals surface area contributed by atoms with E-state index >= 15 is 0 Å². The molecule has 0 aliphatic heterocycles. The molecule has 0 bridgehead atoms. The Hall–Kier alpha value is -2.59. The third-order valence-electron chi connectivity index (χ3n) is 3.48. The third-order valence-corrected chi connectivity index (χ3v) is 6.64. The Kier molecular flexibility index (Phi) is 7.41. The molecule has 0 aliphatic rings. The summed E-state index contributed by atoms with van der Waals surface area (Å²) in [6, 6.07) is 9.52. The summed E-state index contributed by atoms with van der Waals surface area (Å²) in [4.78, 5) is 23.1. The van der Waals surface area contributed by atoms with Crippen molar-refractivity contribution in [1.29, 1.82) is 0 Å². The van der Waals surface area contributed by atoms with Gasteiger partial charge in [-0.05, 0) is 49.6 Å². The van der Waals surface area contributed by atoms with Crippen molar-refractivity contribution < 1.29 is 27.5 Å². The van der Waals surface area contributed by atoms with Crippen LogP contribution in [0, 0.1) is 0 Å². The molecule has 1 heterocycles. The van der Waals surface area contributed by atoms with Crippen LogP contribution < -0.4 is 14.4 Å². The van der Waals surface area contributed by atoms with Gasteiger partial charge in [-0.2, -0.15) is 0 Å². The molecule has 10 heteroatoms. The molecule has 0 aliphatic carbocycles. The number of hydrogen-bond acceptors (Lipinski definition) is 7. The van der Waals surface area contributed by atoms with E-state index in [-0.39, 0.29) is 23.5 Å². The molecule has 0 radical (unpaired) electrons. The quantitative estimate of drug-likeness (QED) is 0.616. The number of anilines is 1. The molecule has 1 aromatic heterocycles. The fourth-order valence-electron chi connectivity index (χ4n) is 2.11. The SMILES string of the molecule is CC(C)OC(=O)CNC(=O)COc1ccc(N(C)S(=O)(=O)c2cccs2)cc1. The van der Waals surface area contributed by atoms with Crippen LogP contribution in [0.3, 0.4) is 0 Å². The van der Waals surface area contributed by atoms with E-state index in [1.165, 1.54) is 11.4 Å². The molecule has 0 saturated heterocycles. The molecule has 152 valence electrons. The summed E-state index contributed by atoms with van der Waals surface area (Å²) in [6.45, 7) is 2.92. The number of amides is 1. The van der Waals surface area contributed by atoms with Gasteiger partial charge >= 0.3 is 5.97 Å². The number of esters is 1. The highest BCUT2D eigenvalue weighted by Gasteiger charge is 2.22. The molecular weight excluding hydrogens is 404 g/mol. The second-order valence-electron chi connectivity index (χ2n) is 6.00. The van der Waals surface area contributed by atoms with Crippen LogP contribution in [0.4, 0.5) is 5.69 Å². The zero-order valence-electron chi connectivity index (χ0n) is 15.7. The van der Waals surface area contributed by atoms with Crippen molar-refractivity contribution in [2.75, 3.05) is 24.5 Å². The predicted molar refractivity (Wildman–Crippen MR) is 106 cm³/mol. The van der Waals surface area contributed by atoms with Crippen LogP contribution in [0.2, 0.25) is 0 Å². The average molecular weight is 427 g/mol. The van der Waals surface area contributed by atoms with E-state index in [0.717, 1.165) is 11.3 Å². The predicted octanol–water partition coefficient (Wildman–Crippen LogP) is 2.02. The maximum atomic E-state index is 12.5. The van der Waals surface area contributed by atoms with E-state index in [4.69, 9.17) is 9.47 Å². The minimum Gasteiger partial charge on any atom is -0.484 e. The second kappa shape index (κ2) is 9.56. The lowest BCUT2D eigenvalue weighted by Gasteiger charge is -2.18. The Labute approximate surface area is 168 Å². The van der Waals surface area contributed by atoms with Crippen LogP contribution in [0.25, 0.3) is 0 Å². The number of hydrogen-bond donors (Lipinski definition) is 1. The molecule has 0 unspecified atom stereocenters. The summed E-state index contributed by atoms with van der Waals surface area (Å²) in [5.41, 5.74) is 0.460. The van der Waals surface area contributed by atoms with Crippen LogP contribution in [-0.2, 0) is 24.3 Å². The molecule has 0 fully saturated rings. The first kappa shape index (κ1) is 21.7. The summed E-state index contributed by atoms with van der Waals surface area (Å²) >= 11 is 1.15. The van der Waals surface area contributed by atoms with Crippen molar-refractivity contribution in [3.63, 3.8) is 0 Å². The molecule has 2 aromatic rings. The topological polar surface area (TPSA) is 102 Å². The summed E-state index contributed by atoms with van der Waals surface area (Å²) in [7, 11) is -2.14. The molecule has 1 aromatic carbocycles. The molecule has 1 amide bonds. The molecular formula is C18H22N2O6S2. The molecule has 2 rings (SSSR count). The van der Waals surface area contributed by atoms with Gasteiger partial charge in [0.25, 0.3) is 15.9 Å². The van der Waals surface area contributed by atoms with Crippen molar-refractivity contribution in [1.82, 2.24) is 5.32 Å². The van der Waals surface area contributed by atoms with Crippen LogP contribution >= 0.6 is 11.3 Å². The molecule has 0 spiro atoms. The monoisotopic (exact) mass is 426 g/mol. The average Bonchev–Trinajstić information content (AvgIpc) is 3.19. The summed E-state index contributed by atoms with van der Waals surface area (Å²) in [5.74, 6) is -0.601. The van der Waals surface area contributed by atoms with E-state index in [2.05, 4.69) is 5.32 Å². The van der Waals surface area contributed by atoms with Gasteiger partial charge in [0.15, 0.2) is 6.61 Å². The van der Waals surface area contributed by atoms with Crippen molar-refractivity contribution in [2.24, 2.45) is 0 Å². The van der Waals surface area contributed by atoms with Crippen LogP contribution in [0.15, 0.2) is 46.0 Å². The minimum atomic E-state index is -3.61. The van der Waals surface area contributed by atoms with Crippen LogP contribution in [0.5, 0.6) is 5.75 Å². The summed E-state index contributed by atoms with van der Waals surface area (Å²) in [6.07, 6.45) is -0.249. The second-order valence-corrected chi connectivity index (χ2v) is 9.15. The van der Waals surface area contributed by atoms with Gasteiger partial charge < -0.3 is 14.8 Å². The van der Waals surface area contributed by atoms with Crippen molar-refractivity contribution in [2.45, 2.75) is 24.2 Å². The molecule has 0 atom stereocenters. The van der Waals surface area contributed by atoms with Gasteiger partial charge in [-0.25, -0.2) is 8.42 Å². The van der Waals surface area contributed by atoms with Crippen molar-refractivity contribution in [3.8, 4) is 5.75 Å². The normalized spacial score (nSPS) is 11.1. The number of rotatable bonds is 9. The summed E-state index contributed by atoms with van der Waals surface area (Å²) in [5, 5.41) is 4.10. The van der Waals surface area contributed by atoms with Gasteiger partial charge in [-0.3, -0.25) is 13.9 Å². The van der Waals surface area contributed by atoms with Crippen LogP contribution in [-0.4, -0.2) is 46.6 Å². The van der Waals surface area contributed by atoms with Gasteiger partial charge in [-0.1, -0.05) is 6.07 Å². The number of ether oxygens (including phenoxy) is 2. The highest BCUT2D eigenvalue weighted by molar-refractivity contribution is 7.94. The lowest BCUT2D eigenvalue weighted by atomic mass is 10.3. The first-order valence-electron chi connectivity index (χ1n) is 8.41. The third kappa shape index (κ3) is 5.96. The fraction of sp³-hybridized carbons (Fsp3) is 0.333. The maximum absolute atomic E-state index is 12.5. The van der Waals surface area contributed by atoms with E-state index in [1.54, 1.807) is 55.6 Å². The molecule has 1 N–H and O–H groups in total. The first-order chi connectivity index (χ1) is 13.2. The fourth-order valence-corrected chi connectivity index (χ4v) is 4.47. The lowest BCUT2D eigenvalue weighted by molar-refractivity contribution is -0.147. The first-order valence-corrected chi connectivity index (χ1v) is 10.7. The number of benzene rings is 1. The smallest absolute Gasteiger partial charge is 0.325 e. The zero-order chi connectivity index (χ0) is 20.7. The number of thiophene rings is 1. The Morgan fingerprint density at radius 3 is 2.43 bits per heavy atom. The van der Waals surface area contributed by atoms with E-state index in [9.17, 15) is 18.0 Å². The molecule has 0 saturated carbocycles. The van der Waals surface area contributed by atoms with Crippen molar-refractivity contribution in [3.05, 3.63) is 41.8 Å². The molecule has 28 heavy (non-hydrogen) atoms. The Morgan fingerprint density at radius 2 is 1.86 bits per heavy atom. The van der Waals surface area contributed by atoms with Gasteiger partial charge in [0.1, 0.15) is 16.5 Å². The highest BCUT2D eigenvalue weighted by Crippen LogP contribution is 2.26.